The molecule has 0 saturated carbocycles. The Morgan fingerprint density at radius 3 is 2.24 bits per heavy atom. The van der Waals surface area contributed by atoms with Gasteiger partial charge in [0.2, 0.25) is 0 Å². The maximum Gasteiger partial charge on any atom is 0.433 e. The van der Waals surface area contributed by atoms with Crippen molar-refractivity contribution in [1.29, 1.82) is 0 Å². The number of nitrogens with zero attached hydrogens (tertiary/aromatic N) is 1. The summed E-state index contributed by atoms with van der Waals surface area (Å²) in [6, 6.07) is 1.44. The highest BCUT2D eigenvalue weighted by atomic mass is 19.4. The molecule has 8 heteroatoms. The first-order chi connectivity index (χ1) is 7.73. The molecular formula is C9H8F3NO4. The van der Waals surface area contributed by atoms with E-state index in [0.717, 1.165) is 6.07 Å². The van der Waals surface area contributed by atoms with Gasteiger partial charge < -0.3 is 15.3 Å². The fourth-order valence-electron chi connectivity index (χ4n) is 1.07. The number of aromatic nitrogens is 1. The van der Waals surface area contributed by atoms with Crippen LogP contribution in [0.15, 0.2) is 18.3 Å². The van der Waals surface area contributed by atoms with Crippen molar-refractivity contribution in [3.8, 4) is 0 Å². The van der Waals surface area contributed by atoms with Crippen LogP contribution in [0.25, 0.3) is 0 Å². The molecule has 0 radical (unpaired) electrons. The summed E-state index contributed by atoms with van der Waals surface area (Å²) in [6.45, 7) is 0. The largest absolute Gasteiger partial charge is 0.479 e. The summed E-state index contributed by atoms with van der Waals surface area (Å²) in [7, 11) is 0. The molecule has 3 N–H and O–H groups in total. The summed E-state index contributed by atoms with van der Waals surface area (Å²) >= 11 is 0. The lowest BCUT2D eigenvalue weighted by atomic mass is 10.1. The second-order valence-corrected chi connectivity index (χ2v) is 3.20. The summed E-state index contributed by atoms with van der Waals surface area (Å²) in [5.41, 5.74) is -1.38. The molecular weight excluding hydrogens is 243 g/mol. The minimum atomic E-state index is -4.62. The number of halogens is 3. The Kier molecular flexibility index (Phi) is 3.69. The second kappa shape index (κ2) is 4.68. The van der Waals surface area contributed by atoms with Crippen LogP contribution in [0.2, 0.25) is 0 Å². The number of carbonyl (C=O) groups is 1. The zero-order valence-corrected chi connectivity index (χ0v) is 8.22. The van der Waals surface area contributed by atoms with E-state index in [9.17, 15) is 23.1 Å². The molecule has 1 rings (SSSR count). The van der Waals surface area contributed by atoms with Crippen LogP contribution < -0.4 is 0 Å². The van der Waals surface area contributed by atoms with E-state index < -0.39 is 30.0 Å². The van der Waals surface area contributed by atoms with Gasteiger partial charge in [-0.2, -0.15) is 13.2 Å². The van der Waals surface area contributed by atoms with Crippen LogP contribution >= 0.6 is 0 Å². The normalized spacial score (nSPS) is 15.4. The van der Waals surface area contributed by atoms with Gasteiger partial charge in [0.05, 0.1) is 0 Å². The third-order valence-corrected chi connectivity index (χ3v) is 1.97. The predicted molar refractivity (Wildman–Crippen MR) is 47.8 cm³/mol. The molecule has 0 aliphatic heterocycles. The van der Waals surface area contributed by atoms with E-state index in [1.54, 1.807) is 0 Å². The van der Waals surface area contributed by atoms with Gasteiger partial charge in [-0.1, -0.05) is 6.07 Å². The smallest absolute Gasteiger partial charge is 0.433 e. The molecule has 17 heavy (non-hydrogen) atoms. The van der Waals surface area contributed by atoms with Gasteiger partial charge in [0.25, 0.3) is 0 Å². The van der Waals surface area contributed by atoms with E-state index in [0.29, 0.717) is 12.3 Å². The molecule has 0 aromatic carbocycles. The first kappa shape index (κ1) is 13.4. The zero-order chi connectivity index (χ0) is 13.2. The Balaban J connectivity index is 2.92. The summed E-state index contributed by atoms with van der Waals surface area (Å²) in [4.78, 5) is 13.4. The molecule has 0 amide bonds. The zero-order valence-electron chi connectivity index (χ0n) is 8.22. The number of aliphatic hydroxyl groups excluding tert-OH is 2. The maximum atomic E-state index is 12.1. The molecule has 0 bridgehead atoms. The Labute approximate surface area is 93.2 Å². The van der Waals surface area contributed by atoms with Gasteiger partial charge in [-0.3, -0.25) is 4.98 Å². The fourth-order valence-corrected chi connectivity index (χ4v) is 1.07. The van der Waals surface area contributed by atoms with E-state index >= 15 is 0 Å². The van der Waals surface area contributed by atoms with Crippen molar-refractivity contribution in [2.75, 3.05) is 0 Å². The van der Waals surface area contributed by atoms with E-state index in [1.165, 1.54) is 0 Å². The molecule has 1 aromatic rings. The predicted octanol–water partition coefficient (Wildman–Crippen LogP) is 0.579. The number of aliphatic carboxylic acids is 1. The van der Waals surface area contributed by atoms with E-state index in [1.807, 2.05) is 0 Å². The standard InChI is InChI=1S/C9H8F3NO4/c10-9(11,12)5-2-1-4(3-13-5)6(14)7(15)8(16)17/h1-3,6-7,14-15H,(H,16,17). The average Bonchev–Trinajstić information content (AvgIpc) is 2.26. The Morgan fingerprint density at radius 2 is 1.88 bits per heavy atom. The van der Waals surface area contributed by atoms with Crippen molar-refractivity contribution in [2.24, 2.45) is 0 Å². The highest BCUT2D eigenvalue weighted by molar-refractivity contribution is 5.73. The lowest BCUT2D eigenvalue weighted by Crippen LogP contribution is -2.27. The van der Waals surface area contributed by atoms with Crippen LogP contribution in [0.5, 0.6) is 0 Å². The van der Waals surface area contributed by atoms with E-state index in [2.05, 4.69) is 4.98 Å². The number of aliphatic hydroxyl groups is 2. The van der Waals surface area contributed by atoms with Crippen molar-refractivity contribution in [1.82, 2.24) is 4.98 Å². The van der Waals surface area contributed by atoms with Gasteiger partial charge in [-0.25, -0.2) is 4.79 Å². The van der Waals surface area contributed by atoms with Crippen LogP contribution in [-0.2, 0) is 11.0 Å². The van der Waals surface area contributed by atoms with Gasteiger partial charge >= 0.3 is 12.1 Å². The number of hydrogen-bond acceptors (Lipinski definition) is 4. The minimum Gasteiger partial charge on any atom is -0.479 e. The quantitative estimate of drug-likeness (QED) is 0.731. The van der Waals surface area contributed by atoms with E-state index in [4.69, 9.17) is 10.2 Å². The van der Waals surface area contributed by atoms with Crippen molar-refractivity contribution in [3.05, 3.63) is 29.6 Å². The van der Waals surface area contributed by atoms with Crippen LogP contribution in [0, 0.1) is 0 Å². The molecule has 2 unspecified atom stereocenters. The third-order valence-electron chi connectivity index (χ3n) is 1.97. The molecule has 0 saturated heterocycles. The van der Waals surface area contributed by atoms with Gasteiger partial charge in [-0.05, 0) is 6.07 Å². The molecule has 0 aliphatic carbocycles. The monoisotopic (exact) mass is 251 g/mol. The summed E-state index contributed by atoms with van der Waals surface area (Å²) in [5, 5.41) is 26.7. The number of rotatable bonds is 3. The van der Waals surface area contributed by atoms with Gasteiger partial charge in [-0.15, -0.1) is 0 Å². The maximum absolute atomic E-state index is 12.1. The molecule has 0 fully saturated rings. The van der Waals surface area contributed by atoms with Crippen LogP contribution in [0.3, 0.4) is 0 Å². The molecule has 1 heterocycles. The Bertz CT molecular complexity index is 404. The van der Waals surface area contributed by atoms with Crippen LogP contribution in [0.1, 0.15) is 17.4 Å². The van der Waals surface area contributed by atoms with Crippen molar-refractivity contribution < 1.29 is 33.3 Å². The number of alkyl halides is 3. The van der Waals surface area contributed by atoms with Gasteiger partial charge in [0.1, 0.15) is 11.8 Å². The molecule has 2 atom stereocenters. The molecule has 94 valence electrons. The Morgan fingerprint density at radius 1 is 1.29 bits per heavy atom. The number of hydrogen-bond donors (Lipinski definition) is 3. The van der Waals surface area contributed by atoms with E-state index in [-0.39, 0.29) is 5.56 Å². The van der Waals surface area contributed by atoms with Crippen LogP contribution in [0.4, 0.5) is 13.2 Å². The highest BCUT2D eigenvalue weighted by Gasteiger charge is 2.33. The number of carboxylic acid groups (broad SMARTS) is 1. The lowest BCUT2D eigenvalue weighted by Gasteiger charge is -2.14. The summed E-state index contributed by atoms with van der Waals surface area (Å²) in [6.07, 6.45) is -7.90. The number of pyridine rings is 1. The lowest BCUT2D eigenvalue weighted by molar-refractivity contribution is -0.153. The Hall–Kier alpha value is -1.67. The first-order valence-corrected chi connectivity index (χ1v) is 4.35. The number of carboxylic acids is 1. The summed E-state index contributed by atoms with van der Waals surface area (Å²) < 4.78 is 36.4. The van der Waals surface area contributed by atoms with Gasteiger partial charge in [0.15, 0.2) is 6.10 Å². The first-order valence-electron chi connectivity index (χ1n) is 4.35. The topological polar surface area (TPSA) is 90.7 Å². The third kappa shape index (κ3) is 3.14. The SMILES string of the molecule is O=C(O)C(O)C(O)c1ccc(C(F)(F)F)nc1. The molecule has 0 spiro atoms. The molecule has 1 aromatic heterocycles. The van der Waals surface area contributed by atoms with Crippen molar-refractivity contribution >= 4 is 5.97 Å². The molecule has 5 nitrogen and oxygen atoms in total. The summed E-state index contributed by atoms with van der Waals surface area (Å²) in [5.74, 6) is -1.68. The molecule has 0 aliphatic rings. The van der Waals surface area contributed by atoms with Crippen LogP contribution in [-0.4, -0.2) is 32.4 Å². The highest BCUT2D eigenvalue weighted by Crippen LogP contribution is 2.28. The minimum absolute atomic E-state index is 0.215. The van der Waals surface area contributed by atoms with Crippen molar-refractivity contribution in [2.45, 2.75) is 18.4 Å². The second-order valence-electron chi connectivity index (χ2n) is 3.20. The van der Waals surface area contributed by atoms with Gasteiger partial charge in [0, 0.05) is 11.8 Å². The fraction of sp³-hybridized carbons (Fsp3) is 0.333. The average molecular weight is 251 g/mol. The van der Waals surface area contributed by atoms with Crippen molar-refractivity contribution in [3.63, 3.8) is 0 Å².